The predicted molar refractivity (Wildman–Crippen MR) is 64.6 cm³/mol. The zero-order valence-corrected chi connectivity index (χ0v) is 9.51. The number of aromatic amines is 1. The van der Waals surface area contributed by atoms with Gasteiger partial charge >= 0.3 is 0 Å². The van der Waals surface area contributed by atoms with Crippen molar-refractivity contribution in [2.75, 3.05) is 6.73 Å². The number of nitrogens with one attached hydrogen (secondary N) is 2. The molecule has 0 fully saturated rings. The molecule has 0 saturated carbocycles. The Bertz CT molecular complexity index is 600. The molecular weight excluding hydrogens is 219 g/mol. The molecule has 2 heterocycles. The summed E-state index contributed by atoms with van der Waals surface area (Å²) in [6.45, 7) is 2.55. The second kappa shape index (κ2) is 3.80. The number of H-pyrrole nitrogens is 1. The van der Waals surface area contributed by atoms with Crippen LogP contribution in [-0.4, -0.2) is 11.7 Å². The van der Waals surface area contributed by atoms with Gasteiger partial charge in [-0.1, -0.05) is 6.92 Å². The first-order chi connectivity index (χ1) is 8.29. The van der Waals surface area contributed by atoms with Crippen LogP contribution in [0.3, 0.4) is 0 Å². The number of fused-ring (bicyclic) bond motifs is 1. The van der Waals surface area contributed by atoms with Gasteiger partial charge in [0.25, 0.3) is 0 Å². The molecule has 0 radical (unpaired) electrons. The molecule has 3 nitrogen and oxygen atoms in total. The van der Waals surface area contributed by atoms with E-state index >= 15 is 0 Å². The molecule has 1 aliphatic heterocycles. The minimum absolute atomic E-state index is 0.233. The van der Waals surface area contributed by atoms with E-state index in [0.29, 0.717) is 6.73 Å². The fourth-order valence-electron chi connectivity index (χ4n) is 2.17. The van der Waals surface area contributed by atoms with Gasteiger partial charge in [0.05, 0.1) is 5.70 Å². The van der Waals surface area contributed by atoms with Crippen LogP contribution in [0.1, 0.15) is 18.9 Å². The molecule has 2 aromatic rings. The molecule has 0 bridgehead atoms. The van der Waals surface area contributed by atoms with E-state index in [1.165, 1.54) is 12.1 Å². The van der Waals surface area contributed by atoms with Gasteiger partial charge in [-0.25, -0.2) is 4.39 Å². The Morgan fingerprint density at radius 1 is 1.41 bits per heavy atom. The van der Waals surface area contributed by atoms with Gasteiger partial charge in [0, 0.05) is 22.7 Å². The van der Waals surface area contributed by atoms with Crippen LogP contribution in [0.4, 0.5) is 4.39 Å². The first-order valence-electron chi connectivity index (χ1n) is 5.66. The molecule has 0 saturated heterocycles. The van der Waals surface area contributed by atoms with E-state index in [1.807, 2.05) is 6.20 Å². The summed E-state index contributed by atoms with van der Waals surface area (Å²) in [6.07, 6.45) is 2.74. The number of hydrogen-bond donors (Lipinski definition) is 2. The number of hydrogen-bond acceptors (Lipinski definition) is 2. The summed E-state index contributed by atoms with van der Waals surface area (Å²) in [4.78, 5) is 3.13. The average Bonchev–Trinajstić information content (AvgIpc) is 2.93. The van der Waals surface area contributed by atoms with Crippen LogP contribution in [0.5, 0.6) is 0 Å². The maximum atomic E-state index is 13.3. The molecule has 0 atom stereocenters. The highest BCUT2D eigenvalue weighted by atomic mass is 19.1. The molecule has 3 rings (SSSR count). The van der Waals surface area contributed by atoms with Gasteiger partial charge < -0.3 is 15.0 Å². The van der Waals surface area contributed by atoms with Gasteiger partial charge in [-0.3, -0.25) is 0 Å². The predicted octanol–water partition coefficient (Wildman–Crippen LogP) is 2.96. The van der Waals surface area contributed by atoms with Crippen LogP contribution in [0, 0.1) is 5.82 Å². The summed E-state index contributed by atoms with van der Waals surface area (Å²) in [5.74, 6) is 0.590. The highest BCUT2D eigenvalue weighted by Gasteiger charge is 2.19. The Balaban J connectivity index is 2.21. The SMILES string of the molecule is CCC1=C(c2c[nH]c3ccc(F)cc23)OCN1. The fourth-order valence-corrected chi connectivity index (χ4v) is 2.17. The van der Waals surface area contributed by atoms with Crippen LogP contribution in [0.2, 0.25) is 0 Å². The minimum Gasteiger partial charge on any atom is -0.471 e. The smallest absolute Gasteiger partial charge is 0.159 e. The van der Waals surface area contributed by atoms with Gasteiger partial charge in [-0.15, -0.1) is 0 Å². The summed E-state index contributed by atoms with van der Waals surface area (Å²) in [5, 5.41) is 4.03. The van der Waals surface area contributed by atoms with Gasteiger partial charge in [-0.2, -0.15) is 0 Å². The summed E-state index contributed by atoms with van der Waals surface area (Å²) in [5.41, 5.74) is 2.90. The van der Waals surface area contributed by atoms with Crippen molar-refractivity contribution < 1.29 is 9.13 Å². The van der Waals surface area contributed by atoms with Crippen molar-refractivity contribution >= 4 is 16.7 Å². The standard InChI is InChI=1S/C13H13FN2O/c1-2-11-13(17-7-16-11)10-6-15-12-4-3-8(14)5-9(10)12/h3-6,15-16H,2,7H2,1H3. The van der Waals surface area contributed by atoms with Gasteiger partial charge in [0.15, 0.2) is 6.73 Å². The minimum atomic E-state index is -0.233. The highest BCUT2D eigenvalue weighted by molar-refractivity contribution is 5.91. The number of aromatic nitrogens is 1. The lowest BCUT2D eigenvalue weighted by Gasteiger charge is -2.02. The Hall–Kier alpha value is -1.97. The lowest BCUT2D eigenvalue weighted by atomic mass is 10.1. The summed E-state index contributed by atoms with van der Waals surface area (Å²) in [7, 11) is 0. The summed E-state index contributed by atoms with van der Waals surface area (Å²) >= 11 is 0. The molecule has 0 unspecified atom stereocenters. The van der Waals surface area contributed by atoms with E-state index in [9.17, 15) is 4.39 Å². The van der Waals surface area contributed by atoms with E-state index in [1.54, 1.807) is 6.07 Å². The van der Waals surface area contributed by atoms with E-state index in [0.717, 1.165) is 34.3 Å². The van der Waals surface area contributed by atoms with E-state index in [2.05, 4.69) is 17.2 Å². The number of rotatable bonds is 2. The highest BCUT2D eigenvalue weighted by Crippen LogP contribution is 2.30. The lowest BCUT2D eigenvalue weighted by molar-refractivity contribution is 0.291. The van der Waals surface area contributed by atoms with Crippen LogP contribution in [0.25, 0.3) is 16.7 Å². The average molecular weight is 232 g/mol. The van der Waals surface area contributed by atoms with Gasteiger partial charge in [0.2, 0.25) is 0 Å². The molecular formula is C13H13FN2O. The largest absolute Gasteiger partial charge is 0.471 e. The molecule has 1 aromatic carbocycles. The Labute approximate surface area is 98.3 Å². The summed E-state index contributed by atoms with van der Waals surface area (Å²) in [6, 6.07) is 4.72. The van der Waals surface area contributed by atoms with Crippen molar-refractivity contribution in [3.8, 4) is 0 Å². The van der Waals surface area contributed by atoms with Crippen LogP contribution >= 0.6 is 0 Å². The van der Waals surface area contributed by atoms with Crippen LogP contribution in [-0.2, 0) is 4.74 Å². The van der Waals surface area contributed by atoms with Crippen molar-refractivity contribution in [3.05, 3.63) is 41.5 Å². The van der Waals surface area contributed by atoms with Crippen LogP contribution in [0.15, 0.2) is 30.1 Å². The molecule has 0 aliphatic carbocycles. The molecule has 88 valence electrons. The number of ether oxygens (including phenoxy) is 1. The zero-order valence-electron chi connectivity index (χ0n) is 9.51. The van der Waals surface area contributed by atoms with E-state index in [4.69, 9.17) is 4.74 Å². The van der Waals surface area contributed by atoms with Crippen molar-refractivity contribution in [2.24, 2.45) is 0 Å². The normalized spacial score (nSPS) is 15.2. The first-order valence-corrected chi connectivity index (χ1v) is 5.66. The Kier molecular flexibility index (Phi) is 2.28. The second-order valence-electron chi connectivity index (χ2n) is 4.02. The quantitative estimate of drug-likeness (QED) is 0.835. The fraction of sp³-hybridized carbons (Fsp3) is 0.231. The third kappa shape index (κ3) is 1.56. The number of allylic oxidation sites excluding steroid dienone is 1. The number of benzene rings is 1. The zero-order chi connectivity index (χ0) is 11.8. The molecule has 1 aliphatic rings. The molecule has 17 heavy (non-hydrogen) atoms. The maximum Gasteiger partial charge on any atom is 0.159 e. The van der Waals surface area contributed by atoms with E-state index < -0.39 is 0 Å². The molecule has 1 aromatic heterocycles. The molecule has 0 spiro atoms. The van der Waals surface area contributed by atoms with Crippen molar-refractivity contribution in [1.29, 1.82) is 0 Å². The topological polar surface area (TPSA) is 37.0 Å². The summed E-state index contributed by atoms with van der Waals surface area (Å²) < 4.78 is 18.8. The molecule has 2 N–H and O–H groups in total. The Morgan fingerprint density at radius 3 is 3.12 bits per heavy atom. The van der Waals surface area contributed by atoms with Crippen molar-refractivity contribution in [1.82, 2.24) is 10.3 Å². The van der Waals surface area contributed by atoms with Crippen molar-refractivity contribution in [3.63, 3.8) is 0 Å². The lowest BCUT2D eigenvalue weighted by Crippen LogP contribution is -2.06. The molecule has 4 heteroatoms. The third-order valence-electron chi connectivity index (χ3n) is 3.02. The van der Waals surface area contributed by atoms with Gasteiger partial charge in [-0.05, 0) is 24.6 Å². The first kappa shape index (κ1) is 10.2. The maximum absolute atomic E-state index is 13.3. The number of halogens is 1. The third-order valence-corrected chi connectivity index (χ3v) is 3.02. The monoisotopic (exact) mass is 232 g/mol. The van der Waals surface area contributed by atoms with Crippen LogP contribution < -0.4 is 5.32 Å². The van der Waals surface area contributed by atoms with Crippen molar-refractivity contribution in [2.45, 2.75) is 13.3 Å². The van der Waals surface area contributed by atoms with E-state index in [-0.39, 0.29) is 5.82 Å². The molecule has 0 amide bonds. The Morgan fingerprint density at radius 2 is 2.29 bits per heavy atom. The van der Waals surface area contributed by atoms with Gasteiger partial charge in [0.1, 0.15) is 11.6 Å². The second-order valence-corrected chi connectivity index (χ2v) is 4.02.